The number of ketones is 1. The van der Waals surface area contributed by atoms with Crippen molar-refractivity contribution in [3.05, 3.63) is 24.3 Å². The van der Waals surface area contributed by atoms with Gasteiger partial charge in [0.1, 0.15) is 0 Å². The summed E-state index contributed by atoms with van der Waals surface area (Å²) >= 11 is 0. The first-order chi connectivity index (χ1) is 6.61. The van der Waals surface area contributed by atoms with Crippen molar-refractivity contribution < 1.29 is 14.7 Å². The minimum Gasteiger partial charge on any atom is -0.475 e. The second-order valence-electron chi connectivity index (χ2n) is 2.67. The third kappa shape index (κ3) is 2.48. The van der Waals surface area contributed by atoms with E-state index in [2.05, 4.69) is 5.32 Å². The third-order valence-electron chi connectivity index (χ3n) is 1.64. The number of para-hydroxylation sites is 2. The molecule has 1 aromatic rings. The van der Waals surface area contributed by atoms with Crippen molar-refractivity contribution in [2.45, 2.75) is 0 Å². The number of carbonyl (C=O) groups is 2. The summed E-state index contributed by atoms with van der Waals surface area (Å²) in [7, 11) is 0. The number of hydrogen-bond donors (Lipinski definition) is 3. The highest BCUT2D eigenvalue weighted by molar-refractivity contribution is 6.34. The molecule has 0 aliphatic carbocycles. The Bertz CT molecular complexity index is 363. The Morgan fingerprint density at radius 1 is 1.36 bits per heavy atom. The van der Waals surface area contributed by atoms with Crippen LogP contribution in [0.1, 0.15) is 0 Å². The summed E-state index contributed by atoms with van der Waals surface area (Å²) in [5.74, 6) is -2.35. The van der Waals surface area contributed by atoms with Crippen LogP contribution in [0.4, 0.5) is 11.4 Å². The zero-order valence-electron chi connectivity index (χ0n) is 7.36. The SMILES string of the molecule is Nc1ccccc1NCC(=O)C(=O)O. The number of carboxylic acids is 1. The summed E-state index contributed by atoms with van der Waals surface area (Å²) in [6.07, 6.45) is 0. The predicted octanol–water partition coefficient (Wildman–Crippen LogP) is 0.334. The molecule has 4 N–H and O–H groups in total. The van der Waals surface area contributed by atoms with Crippen molar-refractivity contribution in [3.63, 3.8) is 0 Å². The third-order valence-corrected chi connectivity index (χ3v) is 1.64. The summed E-state index contributed by atoms with van der Waals surface area (Å²) in [5.41, 5.74) is 6.60. The molecule has 0 saturated carbocycles. The van der Waals surface area contributed by atoms with Crippen LogP contribution < -0.4 is 11.1 Å². The first kappa shape index (κ1) is 10.0. The molecular weight excluding hydrogens is 184 g/mol. The van der Waals surface area contributed by atoms with Gasteiger partial charge in [0.05, 0.1) is 17.9 Å². The van der Waals surface area contributed by atoms with Crippen molar-refractivity contribution in [2.75, 3.05) is 17.6 Å². The molecule has 0 bridgehead atoms. The molecule has 0 unspecified atom stereocenters. The van der Waals surface area contributed by atoms with E-state index in [1.807, 2.05) is 0 Å². The number of aliphatic carboxylic acids is 1. The first-order valence-corrected chi connectivity index (χ1v) is 3.95. The molecule has 0 spiro atoms. The molecule has 0 aromatic heterocycles. The number of benzene rings is 1. The van der Waals surface area contributed by atoms with Gasteiger partial charge >= 0.3 is 5.97 Å². The Labute approximate surface area is 80.5 Å². The fraction of sp³-hybridized carbons (Fsp3) is 0.111. The van der Waals surface area contributed by atoms with Crippen LogP contribution in [0.25, 0.3) is 0 Å². The minimum absolute atomic E-state index is 0.260. The maximum Gasteiger partial charge on any atom is 0.374 e. The molecule has 14 heavy (non-hydrogen) atoms. The van der Waals surface area contributed by atoms with Crippen molar-refractivity contribution in [1.29, 1.82) is 0 Å². The molecule has 74 valence electrons. The highest BCUT2D eigenvalue weighted by atomic mass is 16.4. The van der Waals surface area contributed by atoms with Gasteiger partial charge < -0.3 is 16.2 Å². The van der Waals surface area contributed by atoms with Gasteiger partial charge in [0, 0.05) is 0 Å². The maximum atomic E-state index is 10.7. The van der Waals surface area contributed by atoms with Gasteiger partial charge in [-0.3, -0.25) is 4.79 Å². The molecule has 5 heteroatoms. The molecule has 0 fully saturated rings. The van der Waals surface area contributed by atoms with E-state index in [9.17, 15) is 9.59 Å². The topological polar surface area (TPSA) is 92.4 Å². The quantitative estimate of drug-likeness (QED) is 0.474. The van der Waals surface area contributed by atoms with Gasteiger partial charge in [0.25, 0.3) is 5.78 Å². The van der Waals surface area contributed by atoms with Crippen molar-refractivity contribution in [2.24, 2.45) is 0 Å². The summed E-state index contributed by atoms with van der Waals surface area (Å²) in [6, 6.07) is 6.82. The van der Waals surface area contributed by atoms with Crippen LogP contribution in [-0.4, -0.2) is 23.4 Å². The number of rotatable bonds is 4. The summed E-state index contributed by atoms with van der Waals surface area (Å²) in [6.45, 7) is -0.260. The second-order valence-corrected chi connectivity index (χ2v) is 2.67. The standard InChI is InChI=1S/C9H10N2O3/c10-6-3-1-2-4-7(6)11-5-8(12)9(13)14/h1-4,11H,5,10H2,(H,13,14). The minimum atomic E-state index is -1.45. The molecule has 5 nitrogen and oxygen atoms in total. The number of hydrogen-bond acceptors (Lipinski definition) is 4. The second kappa shape index (κ2) is 4.27. The molecule has 0 aliphatic rings. The number of Topliss-reactive ketones (excluding diaryl/α,β-unsaturated/α-hetero) is 1. The summed E-state index contributed by atoms with van der Waals surface area (Å²) in [5, 5.41) is 10.9. The zero-order chi connectivity index (χ0) is 10.6. The molecule has 0 atom stereocenters. The fourth-order valence-corrected chi connectivity index (χ4v) is 0.909. The number of anilines is 2. The van der Waals surface area contributed by atoms with E-state index in [0.29, 0.717) is 11.4 Å². The largest absolute Gasteiger partial charge is 0.475 e. The molecule has 0 radical (unpaired) electrons. The van der Waals surface area contributed by atoms with E-state index in [4.69, 9.17) is 10.8 Å². The average molecular weight is 194 g/mol. The Balaban J connectivity index is 2.58. The summed E-state index contributed by atoms with van der Waals surface area (Å²) in [4.78, 5) is 20.9. The summed E-state index contributed by atoms with van der Waals surface area (Å²) < 4.78 is 0. The Hall–Kier alpha value is -2.04. The lowest BCUT2D eigenvalue weighted by molar-refractivity contribution is -0.148. The van der Waals surface area contributed by atoms with Crippen LogP contribution in [0.3, 0.4) is 0 Å². The van der Waals surface area contributed by atoms with Gasteiger partial charge in [-0.15, -0.1) is 0 Å². The first-order valence-electron chi connectivity index (χ1n) is 3.95. The number of carbonyl (C=O) groups excluding carboxylic acids is 1. The highest BCUT2D eigenvalue weighted by Crippen LogP contribution is 2.15. The van der Waals surface area contributed by atoms with Crippen LogP contribution in [0.2, 0.25) is 0 Å². The molecule has 0 heterocycles. The monoisotopic (exact) mass is 194 g/mol. The molecule has 1 aromatic carbocycles. The lowest BCUT2D eigenvalue weighted by atomic mass is 10.2. The van der Waals surface area contributed by atoms with Crippen LogP contribution in [0.15, 0.2) is 24.3 Å². The van der Waals surface area contributed by atoms with Crippen LogP contribution in [0, 0.1) is 0 Å². The average Bonchev–Trinajstić information content (AvgIpc) is 2.16. The zero-order valence-corrected chi connectivity index (χ0v) is 7.36. The van der Waals surface area contributed by atoms with E-state index in [-0.39, 0.29) is 6.54 Å². The smallest absolute Gasteiger partial charge is 0.374 e. The van der Waals surface area contributed by atoms with Crippen LogP contribution >= 0.6 is 0 Å². The van der Waals surface area contributed by atoms with E-state index in [1.54, 1.807) is 24.3 Å². The molecular formula is C9H10N2O3. The van der Waals surface area contributed by atoms with Gasteiger partial charge in [-0.2, -0.15) is 0 Å². The Kier molecular flexibility index (Phi) is 3.06. The lowest BCUT2D eigenvalue weighted by Crippen LogP contribution is -2.22. The van der Waals surface area contributed by atoms with Gasteiger partial charge in [0.15, 0.2) is 0 Å². The van der Waals surface area contributed by atoms with Gasteiger partial charge in [-0.05, 0) is 12.1 Å². The Morgan fingerprint density at radius 3 is 2.57 bits per heavy atom. The van der Waals surface area contributed by atoms with Crippen molar-refractivity contribution in [3.8, 4) is 0 Å². The molecule has 1 rings (SSSR count). The van der Waals surface area contributed by atoms with Gasteiger partial charge in [-0.25, -0.2) is 4.79 Å². The van der Waals surface area contributed by atoms with E-state index < -0.39 is 11.8 Å². The molecule has 0 aliphatic heterocycles. The van der Waals surface area contributed by atoms with Crippen molar-refractivity contribution >= 4 is 23.1 Å². The van der Waals surface area contributed by atoms with Crippen molar-refractivity contribution in [1.82, 2.24) is 0 Å². The van der Waals surface area contributed by atoms with E-state index in [1.165, 1.54) is 0 Å². The van der Waals surface area contributed by atoms with Crippen LogP contribution in [-0.2, 0) is 9.59 Å². The number of nitrogens with one attached hydrogen (secondary N) is 1. The van der Waals surface area contributed by atoms with Crippen LogP contribution in [0.5, 0.6) is 0 Å². The number of nitrogen functional groups attached to an aromatic ring is 1. The maximum absolute atomic E-state index is 10.7. The predicted molar refractivity (Wildman–Crippen MR) is 52.0 cm³/mol. The number of nitrogens with two attached hydrogens (primary N) is 1. The normalized spacial score (nSPS) is 9.43. The highest BCUT2D eigenvalue weighted by Gasteiger charge is 2.10. The van der Waals surface area contributed by atoms with Gasteiger partial charge in [-0.1, -0.05) is 12.1 Å². The molecule has 0 saturated heterocycles. The van der Waals surface area contributed by atoms with E-state index in [0.717, 1.165) is 0 Å². The molecule has 0 amide bonds. The number of carboxylic acid groups (broad SMARTS) is 1. The van der Waals surface area contributed by atoms with Gasteiger partial charge in [0.2, 0.25) is 0 Å². The fourth-order valence-electron chi connectivity index (χ4n) is 0.909. The Morgan fingerprint density at radius 2 is 2.00 bits per heavy atom. The lowest BCUT2D eigenvalue weighted by Gasteiger charge is -2.06. The van der Waals surface area contributed by atoms with E-state index >= 15 is 0 Å².